The Hall–Kier alpha value is -0.610. The number of anilines is 1. The summed E-state index contributed by atoms with van der Waals surface area (Å²) in [6.07, 6.45) is 3.48. The summed E-state index contributed by atoms with van der Waals surface area (Å²) in [5.74, 6) is 0.749. The van der Waals surface area contributed by atoms with Gasteiger partial charge in [0.05, 0.1) is 5.69 Å². The van der Waals surface area contributed by atoms with Crippen molar-refractivity contribution in [2.45, 2.75) is 53.5 Å². The van der Waals surface area contributed by atoms with Crippen molar-refractivity contribution >= 4 is 16.5 Å². The van der Waals surface area contributed by atoms with E-state index in [9.17, 15) is 0 Å². The van der Waals surface area contributed by atoms with Crippen molar-refractivity contribution in [1.29, 1.82) is 0 Å². The molecule has 0 saturated heterocycles. The van der Waals surface area contributed by atoms with Crippen LogP contribution in [-0.4, -0.2) is 25.1 Å². The van der Waals surface area contributed by atoms with Gasteiger partial charge in [-0.05, 0) is 25.3 Å². The molecule has 0 aromatic carbocycles. The minimum Gasteiger partial charge on any atom is -0.351 e. The Labute approximate surface area is 122 Å². The van der Waals surface area contributed by atoms with Crippen molar-refractivity contribution in [3.8, 4) is 0 Å². The monoisotopic (exact) mass is 283 g/mol. The maximum atomic E-state index is 4.84. The van der Waals surface area contributed by atoms with E-state index in [4.69, 9.17) is 4.98 Å². The topological polar surface area (TPSA) is 28.2 Å². The summed E-state index contributed by atoms with van der Waals surface area (Å²) in [6.45, 7) is 12.0. The molecule has 0 spiro atoms. The molecule has 0 amide bonds. The Morgan fingerprint density at radius 2 is 2.05 bits per heavy atom. The van der Waals surface area contributed by atoms with Crippen LogP contribution in [0.3, 0.4) is 0 Å². The van der Waals surface area contributed by atoms with Crippen LogP contribution in [0.1, 0.15) is 51.1 Å². The Morgan fingerprint density at radius 3 is 2.63 bits per heavy atom. The van der Waals surface area contributed by atoms with Crippen molar-refractivity contribution in [1.82, 2.24) is 10.3 Å². The molecule has 0 aliphatic heterocycles. The molecule has 4 heteroatoms. The highest BCUT2D eigenvalue weighted by atomic mass is 32.1. The van der Waals surface area contributed by atoms with Gasteiger partial charge in [-0.1, -0.05) is 34.1 Å². The first-order chi connectivity index (χ1) is 9.08. The van der Waals surface area contributed by atoms with Gasteiger partial charge < -0.3 is 10.2 Å². The lowest BCUT2D eigenvalue weighted by atomic mass is 10.1. The largest absolute Gasteiger partial charge is 0.351 e. The minimum absolute atomic E-state index is 0.749. The zero-order valence-electron chi connectivity index (χ0n) is 13.1. The third-order valence-corrected chi connectivity index (χ3v) is 4.37. The van der Waals surface area contributed by atoms with E-state index in [1.807, 2.05) is 11.3 Å². The smallest absolute Gasteiger partial charge is 0.185 e. The van der Waals surface area contributed by atoms with Gasteiger partial charge in [-0.15, -0.1) is 11.3 Å². The molecule has 110 valence electrons. The van der Waals surface area contributed by atoms with Gasteiger partial charge in [0.25, 0.3) is 0 Å². The summed E-state index contributed by atoms with van der Waals surface area (Å²) in [5, 5.41) is 4.60. The lowest BCUT2D eigenvalue weighted by Crippen LogP contribution is -2.19. The van der Waals surface area contributed by atoms with E-state index < -0.39 is 0 Å². The van der Waals surface area contributed by atoms with Crippen LogP contribution >= 0.6 is 11.3 Å². The van der Waals surface area contributed by atoms with Crippen LogP contribution < -0.4 is 10.2 Å². The fourth-order valence-corrected chi connectivity index (χ4v) is 2.95. The molecule has 0 atom stereocenters. The molecule has 0 radical (unpaired) electrons. The molecule has 0 unspecified atom stereocenters. The predicted octanol–water partition coefficient (Wildman–Crippen LogP) is 3.69. The molecule has 0 saturated carbocycles. The number of nitrogens with zero attached hydrogens (tertiary/aromatic N) is 2. The highest BCUT2D eigenvalue weighted by Gasteiger charge is 2.13. The van der Waals surface area contributed by atoms with E-state index >= 15 is 0 Å². The summed E-state index contributed by atoms with van der Waals surface area (Å²) in [7, 11) is 2.16. The number of hydrogen-bond donors (Lipinski definition) is 1. The average Bonchev–Trinajstić information content (AvgIpc) is 2.77. The van der Waals surface area contributed by atoms with Gasteiger partial charge in [0, 0.05) is 25.0 Å². The molecule has 19 heavy (non-hydrogen) atoms. The third-order valence-electron chi connectivity index (χ3n) is 3.16. The van der Waals surface area contributed by atoms with E-state index in [1.54, 1.807) is 0 Å². The molecule has 0 aliphatic carbocycles. The van der Waals surface area contributed by atoms with Gasteiger partial charge in [0.2, 0.25) is 0 Å². The Bertz CT molecular complexity index is 360. The summed E-state index contributed by atoms with van der Waals surface area (Å²) < 4.78 is 0. The molecule has 0 bridgehead atoms. The number of thiazole rings is 1. The SMILES string of the molecule is CCCc1nc(N(C)CCC(C)C)sc1CNCC. The summed E-state index contributed by atoms with van der Waals surface area (Å²) in [6, 6.07) is 0. The van der Waals surface area contributed by atoms with Crippen LogP contribution in [0, 0.1) is 5.92 Å². The molecule has 1 aromatic rings. The van der Waals surface area contributed by atoms with Gasteiger partial charge in [-0.2, -0.15) is 0 Å². The lowest BCUT2D eigenvalue weighted by molar-refractivity contribution is 0.584. The van der Waals surface area contributed by atoms with E-state index in [-0.39, 0.29) is 0 Å². The second-order valence-electron chi connectivity index (χ2n) is 5.50. The summed E-state index contributed by atoms with van der Waals surface area (Å²) in [4.78, 5) is 8.55. The second-order valence-corrected chi connectivity index (χ2v) is 6.56. The molecule has 3 nitrogen and oxygen atoms in total. The molecular weight excluding hydrogens is 254 g/mol. The predicted molar refractivity (Wildman–Crippen MR) is 86.2 cm³/mol. The zero-order chi connectivity index (χ0) is 14.3. The number of aryl methyl sites for hydroxylation is 1. The van der Waals surface area contributed by atoms with Gasteiger partial charge in [-0.3, -0.25) is 0 Å². The van der Waals surface area contributed by atoms with E-state index in [2.05, 4.69) is 45.0 Å². The van der Waals surface area contributed by atoms with Crippen LogP contribution in [-0.2, 0) is 13.0 Å². The van der Waals surface area contributed by atoms with Crippen molar-refractivity contribution in [2.75, 3.05) is 25.0 Å². The van der Waals surface area contributed by atoms with Crippen LogP contribution in [0.25, 0.3) is 0 Å². The number of aromatic nitrogens is 1. The Morgan fingerprint density at radius 1 is 1.32 bits per heavy atom. The van der Waals surface area contributed by atoms with Gasteiger partial charge >= 0.3 is 0 Å². The first kappa shape index (κ1) is 16.4. The Kier molecular flexibility index (Phi) is 7.39. The summed E-state index contributed by atoms with van der Waals surface area (Å²) in [5.41, 5.74) is 1.29. The highest BCUT2D eigenvalue weighted by molar-refractivity contribution is 7.15. The number of rotatable bonds is 9. The standard InChI is InChI=1S/C15H29N3S/c1-6-8-13-14(11-16-7-2)19-15(17-13)18(5)10-9-12(3)4/h12,16H,6-11H2,1-5H3. The number of nitrogens with one attached hydrogen (secondary N) is 1. The summed E-state index contributed by atoms with van der Waals surface area (Å²) >= 11 is 1.85. The van der Waals surface area contributed by atoms with Gasteiger partial charge in [0.15, 0.2) is 5.13 Å². The van der Waals surface area contributed by atoms with Crippen LogP contribution in [0.2, 0.25) is 0 Å². The molecule has 1 rings (SSSR count). The van der Waals surface area contributed by atoms with Gasteiger partial charge in [0.1, 0.15) is 0 Å². The molecule has 0 aliphatic rings. The maximum Gasteiger partial charge on any atom is 0.185 e. The Balaban J connectivity index is 2.71. The number of hydrogen-bond acceptors (Lipinski definition) is 4. The maximum absolute atomic E-state index is 4.84. The van der Waals surface area contributed by atoms with Crippen LogP contribution in [0.5, 0.6) is 0 Å². The van der Waals surface area contributed by atoms with Crippen molar-refractivity contribution in [3.63, 3.8) is 0 Å². The molecule has 1 aromatic heterocycles. The van der Waals surface area contributed by atoms with Crippen LogP contribution in [0.4, 0.5) is 5.13 Å². The third kappa shape index (κ3) is 5.49. The first-order valence-electron chi connectivity index (χ1n) is 7.48. The molecule has 1 N–H and O–H groups in total. The van der Waals surface area contributed by atoms with Crippen molar-refractivity contribution in [3.05, 3.63) is 10.6 Å². The normalized spacial score (nSPS) is 11.3. The highest BCUT2D eigenvalue weighted by Crippen LogP contribution is 2.27. The molecule has 1 heterocycles. The lowest BCUT2D eigenvalue weighted by Gasteiger charge is -2.16. The second kappa shape index (κ2) is 8.54. The zero-order valence-corrected chi connectivity index (χ0v) is 13.9. The van der Waals surface area contributed by atoms with E-state index in [0.29, 0.717) is 0 Å². The van der Waals surface area contributed by atoms with E-state index in [1.165, 1.54) is 22.1 Å². The fraction of sp³-hybridized carbons (Fsp3) is 0.800. The average molecular weight is 283 g/mol. The van der Waals surface area contributed by atoms with Crippen molar-refractivity contribution < 1.29 is 0 Å². The fourth-order valence-electron chi connectivity index (χ4n) is 1.89. The van der Waals surface area contributed by atoms with E-state index in [0.717, 1.165) is 38.4 Å². The molecular formula is C15H29N3S. The van der Waals surface area contributed by atoms with Crippen LogP contribution in [0.15, 0.2) is 0 Å². The minimum atomic E-state index is 0.749. The van der Waals surface area contributed by atoms with Gasteiger partial charge in [-0.25, -0.2) is 4.98 Å². The molecule has 0 fully saturated rings. The quantitative estimate of drug-likeness (QED) is 0.749. The van der Waals surface area contributed by atoms with Crippen molar-refractivity contribution in [2.24, 2.45) is 5.92 Å². The first-order valence-corrected chi connectivity index (χ1v) is 8.30.